The zero-order valence-corrected chi connectivity index (χ0v) is 8.92. The maximum Gasteiger partial charge on any atom is 0.135 e. The number of rotatable bonds is 0. The van der Waals surface area contributed by atoms with Crippen LogP contribution in [0.2, 0.25) is 0 Å². The number of hydrogen-bond donors (Lipinski definition) is 0. The van der Waals surface area contributed by atoms with Gasteiger partial charge in [0.25, 0.3) is 0 Å². The van der Waals surface area contributed by atoms with Crippen molar-refractivity contribution in [1.82, 2.24) is 10.3 Å². The molecule has 1 aromatic heterocycles. The van der Waals surface area contributed by atoms with Crippen molar-refractivity contribution in [1.29, 1.82) is 0 Å². The molecule has 0 aliphatic carbocycles. The molecular weight excluding hydrogens is 212 g/mol. The lowest BCUT2D eigenvalue weighted by molar-refractivity contribution is 0.315. The molecule has 4 rings (SSSR count). The highest BCUT2D eigenvalue weighted by atomic mass is 16.6. The minimum absolute atomic E-state index is 0.799. The van der Waals surface area contributed by atoms with Crippen molar-refractivity contribution >= 4 is 32.6 Å². The summed E-state index contributed by atoms with van der Waals surface area (Å²) in [6, 6.07) is 16.6. The molecule has 0 aliphatic heterocycles. The van der Waals surface area contributed by atoms with Crippen molar-refractivity contribution in [2.24, 2.45) is 0 Å². The standard InChI is InChI=1S/C14H8N2O/c1-2-4-11-9(3-1)5-6-10-7-13-14(8-12(10)11)16-17-15-13/h1-8H. The minimum Gasteiger partial charge on any atom is -0.243 e. The summed E-state index contributed by atoms with van der Waals surface area (Å²) in [4.78, 5) is 0. The summed E-state index contributed by atoms with van der Waals surface area (Å²) < 4.78 is 4.75. The van der Waals surface area contributed by atoms with E-state index in [2.05, 4.69) is 34.6 Å². The number of nitrogens with zero attached hydrogens (tertiary/aromatic N) is 2. The largest absolute Gasteiger partial charge is 0.243 e. The van der Waals surface area contributed by atoms with E-state index in [9.17, 15) is 0 Å². The van der Waals surface area contributed by atoms with Gasteiger partial charge in [0, 0.05) is 0 Å². The van der Waals surface area contributed by atoms with Crippen LogP contribution >= 0.6 is 0 Å². The molecule has 0 N–H and O–H groups in total. The molecular formula is C14H8N2O. The van der Waals surface area contributed by atoms with Crippen LogP contribution in [-0.4, -0.2) is 10.3 Å². The van der Waals surface area contributed by atoms with Crippen LogP contribution in [0.4, 0.5) is 0 Å². The Hall–Kier alpha value is -2.42. The van der Waals surface area contributed by atoms with E-state index in [0.29, 0.717) is 0 Å². The molecule has 0 unspecified atom stereocenters. The molecule has 4 aromatic rings. The molecule has 3 nitrogen and oxygen atoms in total. The smallest absolute Gasteiger partial charge is 0.135 e. The molecule has 0 spiro atoms. The van der Waals surface area contributed by atoms with Crippen molar-refractivity contribution in [2.75, 3.05) is 0 Å². The summed E-state index contributed by atoms with van der Waals surface area (Å²) in [7, 11) is 0. The highest BCUT2D eigenvalue weighted by Crippen LogP contribution is 2.27. The number of fused-ring (bicyclic) bond motifs is 4. The fourth-order valence-corrected chi connectivity index (χ4v) is 2.29. The lowest BCUT2D eigenvalue weighted by Gasteiger charge is -2.02. The van der Waals surface area contributed by atoms with Crippen LogP contribution in [-0.2, 0) is 0 Å². The molecule has 0 aliphatic rings. The first-order chi connectivity index (χ1) is 8.42. The van der Waals surface area contributed by atoms with Gasteiger partial charge in [0.15, 0.2) is 0 Å². The molecule has 0 atom stereocenters. The van der Waals surface area contributed by atoms with Crippen molar-refractivity contribution in [2.45, 2.75) is 0 Å². The van der Waals surface area contributed by atoms with E-state index >= 15 is 0 Å². The van der Waals surface area contributed by atoms with Crippen LogP contribution < -0.4 is 0 Å². The Morgan fingerprint density at radius 2 is 1.47 bits per heavy atom. The Bertz CT molecular complexity index is 848. The van der Waals surface area contributed by atoms with Crippen molar-refractivity contribution in [3.8, 4) is 0 Å². The topological polar surface area (TPSA) is 38.9 Å². The summed E-state index contributed by atoms with van der Waals surface area (Å²) in [5.74, 6) is 0. The average molecular weight is 220 g/mol. The summed E-state index contributed by atoms with van der Waals surface area (Å²) in [6.07, 6.45) is 0. The van der Waals surface area contributed by atoms with E-state index in [1.807, 2.05) is 24.3 Å². The maximum absolute atomic E-state index is 4.75. The molecule has 17 heavy (non-hydrogen) atoms. The van der Waals surface area contributed by atoms with E-state index in [0.717, 1.165) is 16.4 Å². The van der Waals surface area contributed by atoms with E-state index in [4.69, 9.17) is 4.63 Å². The monoisotopic (exact) mass is 220 g/mol. The van der Waals surface area contributed by atoms with Crippen LogP contribution in [0.3, 0.4) is 0 Å². The maximum atomic E-state index is 4.75. The molecule has 0 fully saturated rings. The molecule has 0 saturated carbocycles. The first-order valence-electron chi connectivity index (χ1n) is 5.46. The Kier molecular flexibility index (Phi) is 1.56. The second kappa shape index (κ2) is 3.04. The highest BCUT2D eigenvalue weighted by Gasteiger charge is 2.05. The molecule has 3 heteroatoms. The van der Waals surface area contributed by atoms with Crippen molar-refractivity contribution in [3.05, 3.63) is 48.5 Å². The molecule has 1 heterocycles. The fourth-order valence-electron chi connectivity index (χ4n) is 2.29. The number of hydrogen-bond acceptors (Lipinski definition) is 3. The van der Waals surface area contributed by atoms with Gasteiger partial charge in [-0.05, 0) is 44.0 Å². The molecule has 0 amide bonds. The van der Waals surface area contributed by atoms with E-state index < -0.39 is 0 Å². The summed E-state index contributed by atoms with van der Waals surface area (Å²) >= 11 is 0. The summed E-state index contributed by atoms with van der Waals surface area (Å²) in [5.41, 5.74) is 1.60. The third-order valence-electron chi connectivity index (χ3n) is 3.12. The predicted octanol–water partition coefficient (Wildman–Crippen LogP) is 3.53. The first-order valence-corrected chi connectivity index (χ1v) is 5.46. The zero-order chi connectivity index (χ0) is 11.2. The Labute approximate surface area is 96.6 Å². The molecule has 0 radical (unpaired) electrons. The second-order valence-corrected chi connectivity index (χ2v) is 4.11. The lowest BCUT2D eigenvalue weighted by Crippen LogP contribution is -1.78. The van der Waals surface area contributed by atoms with Gasteiger partial charge in [-0.3, -0.25) is 0 Å². The van der Waals surface area contributed by atoms with Crippen LogP contribution in [0.5, 0.6) is 0 Å². The Balaban J connectivity index is 2.30. The lowest BCUT2D eigenvalue weighted by atomic mass is 10.0. The quantitative estimate of drug-likeness (QED) is 0.425. The fraction of sp³-hybridized carbons (Fsp3) is 0. The van der Waals surface area contributed by atoms with Gasteiger partial charge in [-0.1, -0.05) is 36.4 Å². The molecule has 0 bridgehead atoms. The highest BCUT2D eigenvalue weighted by molar-refractivity contribution is 6.10. The SMILES string of the molecule is c1ccc2c(c1)ccc1cc3nonc3cc12. The van der Waals surface area contributed by atoms with Crippen molar-refractivity contribution in [3.63, 3.8) is 0 Å². The molecule has 3 aromatic carbocycles. The van der Waals surface area contributed by atoms with Crippen LogP contribution in [0.15, 0.2) is 53.2 Å². The van der Waals surface area contributed by atoms with Crippen LogP contribution in [0, 0.1) is 0 Å². The van der Waals surface area contributed by atoms with Gasteiger partial charge in [0.05, 0.1) is 0 Å². The van der Waals surface area contributed by atoms with E-state index in [1.165, 1.54) is 16.2 Å². The third kappa shape index (κ3) is 1.16. The Morgan fingerprint density at radius 3 is 2.41 bits per heavy atom. The first kappa shape index (κ1) is 8.70. The number of aromatic nitrogens is 2. The van der Waals surface area contributed by atoms with Gasteiger partial charge in [-0.25, -0.2) is 4.63 Å². The Morgan fingerprint density at radius 1 is 0.706 bits per heavy atom. The average Bonchev–Trinajstić information content (AvgIpc) is 2.83. The van der Waals surface area contributed by atoms with E-state index in [-0.39, 0.29) is 0 Å². The molecule has 0 saturated heterocycles. The van der Waals surface area contributed by atoms with Gasteiger partial charge < -0.3 is 0 Å². The van der Waals surface area contributed by atoms with Gasteiger partial charge in [-0.15, -0.1) is 0 Å². The summed E-state index contributed by atoms with van der Waals surface area (Å²) in [5, 5.41) is 12.6. The predicted molar refractivity (Wildman–Crippen MR) is 66.8 cm³/mol. The normalized spacial score (nSPS) is 11.5. The van der Waals surface area contributed by atoms with Crippen LogP contribution in [0.1, 0.15) is 0 Å². The molecule has 80 valence electrons. The van der Waals surface area contributed by atoms with Crippen molar-refractivity contribution < 1.29 is 4.63 Å². The minimum atomic E-state index is 0.799. The summed E-state index contributed by atoms with van der Waals surface area (Å²) in [6.45, 7) is 0. The zero-order valence-electron chi connectivity index (χ0n) is 8.92. The third-order valence-corrected chi connectivity index (χ3v) is 3.12. The van der Waals surface area contributed by atoms with Gasteiger partial charge >= 0.3 is 0 Å². The van der Waals surface area contributed by atoms with Crippen LogP contribution in [0.25, 0.3) is 32.6 Å². The number of benzene rings is 3. The van der Waals surface area contributed by atoms with E-state index in [1.54, 1.807) is 0 Å². The second-order valence-electron chi connectivity index (χ2n) is 4.11. The van der Waals surface area contributed by atoms with Gasteiger partial charge in [-0.2, -0.15) is 0 Å². The van der Waals surface area contributed by atoms with Gasteiger partial charge in [0.2, 0.25) is 0 Å². The van der Waals surface area contributed by atoms with Gasteiger partial charge in [0.1, 0.15) is 11.0 Å².